The smallest absolute Gasteiger partial charge is 0.315 e. The molecule has 180 valence electrons. The summed E-state index contributed by atoms with van der Waals surface area (Å²) < 4.78 is 1.74. The van der Waals surface area contributed by atoms with Crippen LogP contribution in [0.4, 0.5) is 16.3 Å². The van der Waals surface area contributed by atoms with E-state index >= 15 is 0 Å². The molecule has 3 amide bonds. The quantitative estimate of drug-likeness (QED) is 0.485. The van der Waals surface area contributed by atoms with Crippen LogP contribution in [-0.2, 0) is 16.6 Å². The molecule has 3 aromatic rings. The van der Waals surface area contributed by atoms with E-state index in [2.05, 4.69) is 38.3 Å². The molecule has 0 atom stereocenters. The van der Waals surface area contributed by atoms with E-state index in [1.165, 1.54) is 4.90 Å². The summed E-state index contributed by atoms with van der Waals surface area (Å²) in [6.07, 6.45) is 0.884. The molecular weight excluding hydrogens is 426 g/mol. The van der Waals surface area contributed by atoms with Crippen LogP contribution < -0.4 is 10.6 Å². The van der Waals surface area contributed by atoms with Crippen molar-refractivity contribution in [1.82, 2.24) is 14.7 Å². The number of carbonyl (C=O) groups is 2. The molecule has 1 aromatic heterocycles. The topological polar surface area (TPSA) is 79.3 Å². The van der Waals surface area contributed by atoms with Crippen LogP contribution in [-0.4, -0.2) is 39.7 Å². The van der Waals surface area contributed by atoms with Gasteiger partial charge in [0.05, 0.1) is 11.4 Å². The Labute approximate surface area is 202 Å². The van der Waals surface area contributed by atoms with Gasteiger partial charge >= 0.3 is 6.03 Å². The van der Waals surface area contributed by atoms with E-state index in [0.717, 1.165) is 34.6 Å². The molecule has 1 heterocycles. The highest BCUT2D eigenvalue weighted by molar-refractivity contribution is 5.96. The normalized spacial score (nSPS) is 11.2. The van der Waals surface area contributed by atoms with Gasteiger partial charge in [-0.1, -0.05) is 57.5 Å². The largest absolute Gasteiger partial charge is 0.322 e. The highest BCUT2D eigenvalue weighted by Crippen LogP contribution is 2.26. The molecule has 2 N–H and O–H groups in total. The molecule has 3 rings (SSSR count). The first-order valence-corrected chi connectivity index (χ1v) is 11.7. The van der Waals surface area contributed by atoms with Gasteiger partial charge in [0, 0.05) is 23.7 Å². The molecule has 0 bridgehead atoms. The molecule has 7 nitrogen and oxygen atoms in total. The minimum atomic E-state index is -0.312. The highest BCUT2D eigenvalue weighted by atomic mass is 16.2. The van der Waals surface area contributed by atoms with Crippen LogP contribution in [0.5, 0.6) is 0 Å². The zero-order valence-corrected chi connectivity index (χ0v) is 21.0. The van der Waals surface area contributed by atoms with Gasteiger partial charge in [-0.15, -0.1) is 0 Å². The van der Waals surface area contributed by atoms with E-state index in [1.54, 1.807) is 4.68 Å². The van der Waals surface area contributed by atoms with Gasteiger partial charge in [-0.3, -0.25) is 4.79 Å². The number of carbonyl (C=O) groups excluding carboxylic acids is 2. The number of benzene rings is 2. The van der Waals surface area contributed by atoms with Gasteiger partial charge in [-0.2, -0.15) is 5.10 Å². The molecular formula is C27H35N5O2. The van der Waals surface area contributed by atoms with Crippen molar-refractivity contribution in [3.05, 3.63) is 71.4 Å². The maximum absolute atomic E-state index is 13.0. The van der Waals surface area contributed by atoms with E-state index in [-0.39, 0.29) is 23.9 Å². The maximum Gasteiger partial charge on any atom is 0.322 e. The summed E-state index contributed by atoms with van der Waals surface area (Å²) in [6, 6.07) is 17.3. The monoisotopic (exact) mass is 461 g/mol. The van der Waals surface area contributed by atoms with Crippen molar-refractivity contribution < 1.29 is 9.59 Å². The summed E-state index contributed by atoms with van der Waals surface area (Å²) in [4.78, 5) is 27.2. The molecule has 0 radical (unpaired) electrons. The molecule has 2 aromatic carbocycles. The zero-order valence-electron chi connectivity index (χ0n) is 21.0. The fourth-order valence-corrected chi connectivity index (χ4v) is 3.47. The van der Waals surface area contributed by atoms with E-state index in [0.29, 0.717) is 12.4 Å². The van der Waals surface area contributed by atoms with Crippen molar-refractivity contribution in [3.8, 4) is 5.69 Å². The van der Waals surface area contributed by atoms with Crippen LogP contribution in [0.3, 0.4) is 0 Å². The van der Waals surface area contributed by atoms with Gasteiger partial charge in [-0.25, -0.2) is 9.48 Å². The summed E-state index contributed by atoms with van der Waals surface area (Å²) >= 11 is 0. The number of nitrogens with zero attached hydrogens (tertiary/aromatic N) is 3. The Hall–Kier alpha value is -3.61. The average molecular weight is 462 g/mol. The van der Waals surface area contributed by atoms with Crippen LogP contribution in [0.15, 0.2) is 54.6 Å². The van der Waals surface area contributed by atoms with Crippen molar-refractivity contribution in [2.45, 2.75) is 53.4 Å². The van der Waals surface area contributed by atoms with Crippen molar-refractivity contribution in [2.75, 3.05) is 23.7 Å². The Balaban J connectivity index is 1.76. The Morgan fingerprint density at radius 1 is 1.00 bits per heavy atom. The van der Waals surface area contributed by atoms with E-state index in [4.69, 9.17) is 5.10 Å². The summed E-state index contributed by atoms with van der Waals surface area (Å²) in [5, 5.41) is 10.6. The van der Waals surface area contributed by atoms with E-state index in [1.807, 2.05) is 68.4 Å². The second-order valence-corrected chi connectivity index (χ2v) is 9.46. The second-order valence-electron chi connectivity index (χ2n) is 9.46. The number of aromatic nitrogens is 2. The average Bonchev–Trinajstić information content (AvgIpc) is 3.22. The third kappa shape index (κ3) is 6.25. The van der Waals surface area contributed by atoms with Gasteiger partial charge in [-0.05, 0) is 50.1 Å². The van der Waals surface area contributed by atoms with E-state index < -0.39 is 0 Å². The number of aryl methyl sites for hydroxylation is 2. The van der Waals surface area contributed by atoms with Crippen LogP contribution >= 0.6 is 0 Å². The standard InChI is InChI=1S/C27H35N5O2/c1-7-20-10-9-11-21(16-20)28-26(34)31(8-2)18-25(33)29-24-17-23(27(4,5)6)30-32(24)22-14-12-19(3)13-15-22/h9-17H,7-8,18H2,1-6H3,(H,28,34)(H,29,33). The fourth-order valence-electron chi connectivity index (χ4n) is 3.47. The first-order valence-electron chi connectivity index (χ1n) is 11.7. The van der Waals surface area contributed by atoms with Crippen LogP contribution in [0, 0.1) is 6.92 Å². The summed E-state index contributed by atoms with van der Waals surface area (Å²) in [5.41, 5.74) is 4.54. The van der Waals surface area contributed by atoms with Gasteiger partial charge in [0.2, 0.25) is 5.91 Å². The number of likely N-dealkylation sites (N-methyl/N-ethyl adjacent to an activating group) is 1. The molecule has 0 fully saturated rings. The number of rotatable bonds is 7. The summed E-state index contributed by atoms with van der Waals surface area (Å²) in [7, 11) is 0. The third-order valence-corrected chi connectivity index (χ3v) is 5.61. The molecule has 0 aliphatic rings. The van der Waals surface area contributed by atoms with Gasteiger partial charge in [0.15, 0.2) is 0 Å². The molecule has 0 saturated heterocycles. The van der Waals surface area contributed by atoms with Crippen molar-refractivity contribution in [1.29, 1.82) is 0 Å². The number of urea groups is 1. The van der Waals surface area contributed by atoms with Crippen molar-refractivity contribution in [3.63, 3.8) is 0 Å². The van der Waals surface area contributed by atoms with Gasteiger partial charge in [0.25, 0.3) is 0 Å². The molecule has 0 aliphatic carbocycles. The predicted molar refractivity (Wildman–Crippen MR) is 138 cm³/mol. The van der Waals surface area contributed by atoms with Crippen LogP contribution in [0.25, 0.3) is 5.69 Å². The first-order chi connectivity index (χ1) is 16.1. The lowest BCUT2D eigenvalue weighted by atomic mass is 9.92. The molecule has 0 spiro atoms. The number of hydrogen-bond donors (Lipinski definition) is 2. The minimum absolute atomic E-state index is 0.0697. The van der Waals surface area contributed by atoms with Crippen LogP contribution in [0.2, 0.25) is 0 Å². The minimum Gasteiger partial charge on any atom is -0.315 e. The number of anilines is 2. The summed E-state index contributed by atoms with van der Waals surface area (Å²) in [5.74, 6) is 0.291. The number of amides is 3. The predicted octanol–water partition coefficient (Wildman–Crippen LogP) is 5.53. The summed E-state index contributed by atoms with van der Waals surface area (Å²) in [6.45, 7) is 12.5. The third-order valence-electron chi connectivity index (χ3n) is 5.61. The molecule has 0 aliphatic heterocycles. The van der Waals surface area contributed by atoms with E-state index in [9.17, 15) is 9.59 Å². The SMILES string of the molecule is CCc1cccc(NC(=O)N(CC)CC(=O)Nc2cc(C(C)(C)C)nn2-c2ccc(C)cc2)c1. The zero-order chi connectivity index (χ0) is 24.9. The number of hydrogen-bond acceptors (Lipinski definition) is 3. The van der Waals surface area contributed by atoms with Crippen molar-refractivity contribution in [2.24, 2.45) is 0 Å². The lowest BCUT2D eigenvalue weighted by Crippen LogP contribution is -2.40. The van der Waals surface area contributed by atoms with Crippen molar-refractivity contribution >= 4 is 23.4 Å². The fraction of sp³-hybridized carbons (Fsp3) is 0.370. The molecule has 34 heavy (non-hydrogen) atoms. The maximum atomic E-state index is 13.0. The molecule has 0 saturated carbocycles. The Kier molecular flexibility index (Phi) is 7.76. The van der Waals surface area contributed by atoms with Crippen LogP contribution in [0.1, 0.15) is 51.4 Å². The molecule has 0 unspecified atom stereocenters. The van der Waals surface area contributed by atoms with Gasteiger partial charge in [0.1, 0.15) is 12.4 Å². The lowest BCUT2D eigenvalue weighted by molar-refractivity contribution is -0.116. The Morgan fingerprint density at radius 2 is 1.71 bits per heavy atom. The highest BCUT2D eigenvalue weighted by Gasteiger charge is 2.23. The molecule has 7 heteroatoms. The first kappa shape index (κ1) is 25.0. The lowest BCUT2D eigenvalue weighted by Gasteiger charge is -2.21. The van der Waals surface area contributed by atoms with Gasteiger partial charge < -0.3 is 15.5 Å². The second kappa shape index (κ2) is 10.5. The Bertz CT molecular complexity index is 1140. The Morgan fingerprint density at radius 3 is 2.32 bits per heavy atom. The number of nitrogens with one attached hydrogen (secondary N) is 2.